The molecule has 0 saturated heterocycles. The third kappa shape index (κ3) is 7.71. The standard InChI is InChI=1S/C41H52N2/c1-4-5-6-7-8-9-32-22-24-41(25-23-32,37-16-14-35(30(2)26-37)28-33-10-18-39(42)19-11-33)38-17-15-36(31(3)27-38)29-34-12-20-40(43)21-13-34/h10-21,26-27,32H,4-9,22-25,28-29,42-43H2,1-3H3. The average molecular weight is 573 g/mol. The van der Waals surface area contributed by atoms with E-state index in [0.29, 0.717) is 0 Å². The van der Waals surface area contributed by atoms with E-state index in [9.17, 15) is 0 Å². The van der Waals surface area contributed by atoms with E-state index < -0.39 is 0 Å². The molecule has 0 atom stereocenters. The number of benzene rings is 4. The molecule has 226 valence electrons. The molecule has 2 nitrogen and oxygen atoms in total. The van der Waals surface area contributed by atoms with Crippen LogP contribution in [0.2, 0.25) is 0 Å². The highest BCUT2D eigenvalue weighted by Gasteiger charge is 2.38. The van der Waals surface area contributed by atoms with Crippen LogP contribution in [0.25, 0.3) is 0 Å². The van der Waals surface area contributed by atoms with Crippen molar-refractivity contribution in [1.29, 1.82) is 0 Å². The van der Waals surface area contributed by atoms with Gasteiger partial charge < -0.3 is 11.5 Å². The number of hydrogen-bond donors (Lipinski definition) is 2. The van der Waals surface area contributed by atoms with Crippen molar-refractivity contribution in [1.82, 2.24) is 0 Å². The Morgan fingerprint density at radius 3 is 1.51 bits per heavy atom. The minimum atomic E-state index is 0.0771. The van der Waals surface area contributed by atoms with E-state index in [0.717, 1.165) is 30.1 Å². The zero-order valence-corrected chi connectivity index (χ0v) is 26.8. The van der Waals surface area contributed by atoms with Crippen molar-refractivity contribution in [3.63, 3.8) is 0 Å². The highest BCUT2D eigenvalue weighted by molar-refractivity contribution is 5.48. The molecule has 2 heteroatoms. The predicted molar refractivity (Wildman–Crippen MR) is 186 cm³/mol. The monoisotopic (exact) mass is 572 g/mol. The molecule has 43 heavy (non-hydrogen) atoms. The first-order valence-corrected chi connectivity index (χ1v) is 16.7. The van der Waals surface area contributed by atoms with Gasteiger partial charge in [0.05, 0.1) is 0 Å². The molecular formula is C41H52N2. The number of nitrogen functional groups attached to an aromatic ring is 2. The molecule has 0 aromatic heterocycles. The number of hydrogen-bond acceptors (Lipinski definition) is 2. The van der Waals surface area contributed by atoms with Crippen LogP contribution in [0.1, 0.15) is 116 Å². The van der Waals surface area contributed by atoms with Crippen LogP contribution in [-0.2, 0) is 18.3 Å². The fourth-order valence-electron chi connectivity index (χ4n) is 7.33. The van der Waals surface area contributed by atoms with Crippen LogP contribution in [0.5, 0.6) is 0 Å². The Kier molecular flexibility index (Phi) is 10.3. The molecule has 0 unspecified atom stereocenters. The molecule has 4 N–H and O–H groups in total. The van der Waals surface area contributed by atoms with Crippen molar-refractivity contribution >= 4 is 11.4 Å². The van der Waals surface area contributed by atoms with Gasteiger partial charge >= 0.3 is 0 Å². The Bertz CT molecular complexity index is 1360. The average Bonchev–Trinajstić information content (AvgIpc) is 3.01. The maximum absolute atomic E-state index is 5.94. The van der Waals surface area contributed by atoms with Gasteiger partial charge in [-0.25, -0.2) is 0 Å². The number of aryl methyl sites for hydroxylation is 2. The first kappa shape index (κ1) is 30.9. The lowest BCUT2D eigenvalue weighted by atomic mass is 9.62. The van der Waals surface area contributed by atoms with E-state index in [1.165, 1.54) is 109 Å². The van der Waals surface area contributed by atoms with Crippen molar-refractivity contribution in [3.05, 3.63) is 129 Å². The van der Waals surface area contributed by atoms with Crippen LogP contribution >= 0.6 is 0 Å². The quantitative estimate of drug-likeness (QED) is 0.131. The molecule has 0 radical (unpaired) electrons. The molecule has 0 heterocycles. The van der Waals surface area contributed by atoms with Gasteiger partial charge in [0.25, 0.3) is 0 Å². The lowest BCUT2D eigenvalue weighted by Gasteiger charge is -2.42. The summed E-state index contributed by atoms with van der Waals surface area (Å²) in [5.41, 5.74) is 24.8. The summed E-state index contributed by atoms with van der Waals surface area (Å²) >= 11 is 0. The van der Waals surface area contributed by atoms with Crippen LogP contribution in [-0.4, -0.2) is 0 Å². The fraction of sp³-hybridized carbons (Fsp3) is 0.415. The molecule has 4 aromatic rings. The molecule has 0 amide bonds. The van der Waals surface area contributed by atoms with Gasteiger partial charge in [0.15, 0.2) is 0 Å². The van der Waals surface area contributed by atoms with E-state index in [1.807, 2.05) is 24.3 Å². The summed E-state index contributed by atoms with van der Waals surface area (Å²) < 4.78 is 0. The highest BCUT2D eigenvalue weighted by Crippen LogP contribution is 2.48. The summed E-state index contributed by atoms with van der Waals surface area (Å²) in [6.07, 6.45) is 15.3. The number of anilines is 2. The molecule has 0 aliphatic heterocycles. The SMILES string of the molecule is CCCCCCCC1CCC(c2ccc(Cc3ccc(N)cc3)c(C)c2)(c2ccc(Cc3ccc(N)cc3)c(C)c2)CC1. The van der Waals surface area contributed by atoms with Gasteiger partial charge in [-0.15, -0.1) is 0 Å². The Morgan fingerprint density at radius 1 is 0.605 bits per heavy atom. The van der Waals surface area contributed by atoms with E-state index in [1.54, 1.807) is 0 Å². The number of unbranched alkanes of at least 4 members (excludes halogenated alkanes) is 4. The zero-order chi connectivity index (χ0) is 30.2. The van der Waals surface area contributed by atoms with Crippen molar-refractivity contribution in [2.24, 2.45) is 5.92 Å². The van der Waals surface area contributed by atoms with Gasteiger partial charge in [-0.05, 0) is 127 Å². The van der Waals surface area contributed by atoms with E-state index in [4.69, 9.17) is 11.5 Å². The summed E-state index contributed by atoms with van der Waals surface area (Å²) in [6.45, 7) is 6.90. The van der Waals surface area contributed by atoms with Crippen LogP contribution in [0.15, 0.2) is 84.9 Å². The molecule has 4 aromatic carbocycles. The van der Waals surface area contributed by atoms with E-state index >= 15 is 0 Å². The third-order valence-corrected chi connectivity index (χ3v) is 10.2. The number of rotatable bonds is 12. The minimum Gasteiger partial charge on any atom is -0.399 e. The minimum absolute atomic E-state index is 0.0771. The maximum atomic E-state index is 5.94. The lowest BCUT2D eigenvalue weighted by molar-refractivity contribution is 0.250. The fourth-order valence-corrected chi connectivity index (χ4v) is 7.33. The molecule has 0 bridgehead atoms. The van der Waals surface area contributed by atoms with E-state index in [2.05, 4.69) is 81.4 Å². The van der Waals surface area contributed by atoms with Gasteiger partial charge in [0, 0.05) is 16.8 Å². The maximum Gasteiger partial charge on any atom is 0.0314 e. The Labute approximate surface area is 260 Å². The zero-order valence-electron chi connectivity index (χ0n) is 26.8. The van der Waals surface area contributed by atoms with E-state index in [-0.39, 0.29) is 5.41 Å². The number of nitrogens with two attached hydrogens (primary N) is 2. The van der Waals surface area contributed by atoms with Crippen molar-refractivity contribution < 1.29 is 0 Å². The third-order valence-electron chi connectivity index (χ3n) is 10.2. The summed E-state index contributed by atoms with van der Waals surface area (Å²) in [7, 11) is 0. The van der Waals surface area contributed by atoms with Gasteiger partial charge in [0.1, 0.15) is 0 Å². The summed E-state index contributed by atoms with van der Waals surface area (Å²) in [6, 6.07) is 31.4. The highest BCUT2D eigenvalue weighted by atomic mass is 14.5. The smallest absolute Gasteiger partial charge is 0.0314 e. The largest absolute Gasteiger partial charge is 0.399 e. The van der Waals surface area contributed by atoms with Gasteiger partial charge in [0.2, 0.25) is 0 Å². The second-order valence-corrected chi connectivity index (χ2v) is 13.3. The molecule has 1 aliphatic rings. The predicted octanol–water partition coefficient (Wildman–Crippen LogP) is 10.5. The topological polar surface area (TPSA) is 52.0 Å². The Morgan fingerprint density at radius 2 is 1.07 bits per heavy atom. The molecule has 0 spiro atoms. The van der Waals surface area contributed by atoms with Crippen LogP contribution in [0.4, 0.5) is 11.4 Å². The molecule has 1 saturated carbocycles. The van der Waals surface area contributed by atoms with Crippen molar-refractivity contribution in [3.8, 4) is 0 Å². The van der Waals surface area contributed by atoms with Crippen LogP contribution in [0, 0.1) is 19.8 Å². The van der Waals surface area contributed by atoms with Crippen LogP contribution in [0.3, 0.4) is 0 Å². The second-order valence-electron chi connectivity index (χ2n) is 13.3. The second kappa shape index (κ2) is 14.3. The summed E-state index contributed by atoms with van der Waals surface area (Å²) in [4.78, 5) is 0. The lowest BCUT2D eigenvalue weighted by Crippen LogP contribution is -2.33. The normalized spacial score (nSPS) is 15.0. The van der Waals surface area contributed by atoms with Crippen molar-refractivity contribution in [2.45, 2.75) is 103 Å². The summed E-state index contributed by atoms with van der Waals surface area (Å²) in [5.74, 6) is 0.867. The first-order valence-electron chi connectivity index (χ1n) is 16.7. The van der Waals surface area contributed by atoms with Crippen LogP contribution < -0.4 is 11.5 Å². The summed E-state index contributed by atoms with van der Waals surface area (Å²) in [5, 5.41) is 0. The Balaban J connectivity index is 1.40. The van der Waals surface area contributed by atoms with Crippen molar-refractivity contribution in [2.75, 3.05) is 11.5 Å². The molecule has 5 rings (SSSR count). The molecule has 1 aliphatic carbocycles. The molecular weight excluding hydrogens is 520 g/mol. The first-order chi connectivity index (χ1) is 20.9. The Hall–Kier alpha value is -3.52. The van der Waals surface area contributed by atoms with Gasteiger partial charge in [-0.3, -0.25) is 0 Å². The van der Waals surface area contributed by atoms with Gasteiger partial charge in [-0.1, -0.05) is 106 Å². The van der Waals surface area contributed by atoms with Gasteiger partial charge in [-0.2, -0.15) is 0 Å². The molecule has 1 fully saturated rings.